The summed E-state index contributed by atoms with van der Waals surface area (Å²) in [6, 6.07) is 1.72. The summed E-state index contributed by atoms with van der Waals surface area (Å²) in [5, 5.41) is 1.36. The number of pyridine rings is 2. The molecule has 1 fully saturated rings. The minimum atomic E-state index is -0.0214. The minimum Gasteiger partial charge on any atom is -0.480 e. The average Bonchev–Trinajstić information content (AvgIpc) is 3.30. The number of hydrogen-bond donors (Lipinski definition) is 0. The van der Waals surface area contributed by atoms with Crippen molar-refractivity contribution < 1.29 is 14.3 Å². The van der Waals surface area contributed by atoms with E-state index in [0.717, 1.165) is 51.5 Å². The number of halogens is 1. The highest BCUT2D eigenvalue weighted by atomic mass is 35.5. The summed E-state index contributed by atoms with van der Waals surface area (Å²) in [5.41, 5.74) is 3.54. The third-order valence-electron chi connectivity index (χ3n) is 4.75. The van der Waals surface area contributed by atoms with E-state index in [0.29, 0.717) is 10.9 Å². The molecule has 0 saturated carbocycles. The van der Waals surface area contributed by atoms with Crippen LogP contribution in [0.15, 0.2) is 18.5 Å². The highest BCUT2D eigenvalue weighted by molar-refractivity contribution is 7.18. The van der Waals surface area contributed by atoms with Gasteiger partial charge < -0.3 is 9.47 Å². The summed E-state index contributed by atoms with van der Waals surface area (Å²) < 4.78 is 11.0. The monoisotopic (exact) mass is 417 g/mol. The molecule has 1 atom stereocenters. The second-order valence-electron chi connectivity index (χ2n) is 6.81. The standard InChI is InChI=1S/C20H20ClN3O3S/c1-11-24-18-17(16-4-3-5-27-16)13(10-23-20(18)28-11)8-14(25)6-12-7-15(21)19(26-2)22-9-12/h7,9-10,16H,3-6,8H2,1-2H3. The number of Topliss-reactive ketones (excluding diaryl/α,β-unsaturated/α-hetero) is 1. The molecule has 0 spiro atoms. The summed E-state index contributed by atoms with van der Waals surface area (Å²) in [7, 11) is 1.51. The molecule has 28 heavy (non-hydrogen) atoms. The lowest BCUT2D eigenvalue weighted by molar-refractivity contribution is -0.117. The molecule has 146 valence electrons. The van der Waals surface area contributed by atoms with Crippen molar-refractivity contribution in [3.05, 3.63) is 45.2 Å². The summed E-state index contributed by atoms with van der Waals surface area (Å²) in [6.45, 7) is 2.71. The van der Waals surface area contributed by atoms with E-state index < -0.39 is 0 Å². The first-order valence-corrected chi connectivity index (χ1v) is 10.3. The Morgan fingerprint density at radius 2 is 2.21 bits per heavy atom. The maximum atomic E-state index is 12.8. The first-order chi connectivity index (χ1) is 13.5. The van der Waals surface area contributed by atoms with Crippen molar-refractivity contribution in [1.29, 1.82) is 0 Å². The zero-order chi connectivity index (χ0) is 19.7. The molecule has 3 aromatic rings. The SMILES string of the molecule is COc1ncc(CC(=O)Cc2cnc3sc(C)nc3c2C2CCCO2)cc1Cl. The molecule has 6 nitrogen and oxygen atoms in total. The lowest BCUT2D eigenvalue weighted by atomic mass is 9.96. The maximum Gasteiger partial charge on any atom is 0.232 e. The molecule has 0 aromatic carbocycles. The Morgan fingerprint density at radius 1 is 1.36 bits per heavy atom. The Hall–Kier alpha value is -2.09. The molecular weight excluding hydrogens is 398 g/mol. The molecule has 0 bridgehead atoms. The summed E-state index contributed by atoms with van der Waals surface area (Å²) in [5.74, 6) is 0.419. The summed E-state index contributed by atoms with van der Waals surface area (Å²) in [4.78, 5) is 27.0. The number of ether oxygens (including phenoxy) is 2. The third-order valence-corrected chi connectivity index (χ3v) is 5.90. The van der Waals surface area contributed by atoms with E-state index in [1.54, 1.807) is 29.8 Å². The predicted molar refractivity (Wildman–Crippen MR) is 108 cm³/mol. The van der Waals surface area contributed by atoms with Crippen LogP contribution in [0.25, 0.3) is 10.3 Å². The molecule has 3 aromatic heterocycles. The van der Waals surface area contributed by atoms with E-state index in [2.05, 4.69) is 15.0 Å². The minimum absolute atomic E-state index is 0.0214. The molecule has 1 unspecified atom stereocenters. The van der Waals surface area contributed by atoms with Crippen molar-refractivity contribution in [3.8, 4) is 5.88 Å². The normalized spacial score (nSPS) is 16.6. The van der Waals surface area contributed by atoms with Gasteiger partial charge in [-0.25, -0.2) is 15.0 Å². The van der Waals surface area contributed by atoms with Crippen molar-refractivity contribution >= 4 is 39.1 Å². The van der Waals surface area contributed by atoms with Gasteiger partial charge in [0, 0.05) is 37.4 Å². The molecule has 0 amide bonds. The van der Waals surface area contributed by atoms with E-state index in [1.807, 2.05) is 6.92 Å². The molecule has 1 saturated heterocycles. The topological polar surface area (TPSA) is 74.2 Å². The fraction of sp³-hybridized carbons (Fsp3) is 0.400. The van der Waals surface area contributed by atoms with Crippen LogP contribution in [-0.4, -0.2) is 34.5 Å². The highest BCUT2D eigenvalue weighted by Gasteiger charge is 2.26. The van der Waals surface area contributed by atoms with Crippen molar-refractivity contribution in [1.82, 2.24) is 15.0 Å². The van der Waals surface area contributed by atoms with Gasteiger partial charge >= 0.3 is 0 Å². The number of thiazole rings is 1. The number of ketones is 1. The Labute approximate surface area is 171 Å². The Bertz CT molecular complexity index is 1030. The smallest absolute Gasteiger partial charge is 0.232 e. The largest absolute Gasteiger partial charge is 0.480 e. The summed E-state index contributed by atoms with van der Waals surface area (Å²) in [6.07, 6.45) is 5.87. The van der Waals surface area contributed by atoms with E-state index in [-0.39, 0.29) is 24.7 Å². The van der Waals surface area contributed by atoms with Gasteiger partial charge in [0.25, 0.3) is 0 Å². The number of carbonyl (C=O) groups is 1. The van der Waals surface area contributed by atoms with Crippen LogP contribution < -0.4 is 4.74 Å². The van der Waals surface area contributed by atoms with Crippen molar-refractivity contribution in [2.75, 3.05) is 13.7 Å². The number of rotatable bonds is 6. The van der Waals surface area contributed by atoms with Gasteiger partial charge in [-0.15, -0.1) is 0 Å². The number of aryl methyl sites for hydroxylation is 1. The van der Waals surface area contributed by atoms with E-state index in [4.69, 9.17) is 21.1 Å². The fourth-order valence-corrected chi connectivity index (χ4v) is 4.60. The quantitative estimate of drug-likeness (QED) is 0.596. The number of hydrogen-bond acceptors (Lipinski definition) is 7. The second-order valence-corrected chi connectivity index (χ2v) is 8.40. The van der Waals surface area contributed by atoms with Crippen LogP contribution in [0, 0.1) is 6.92 Å². The highest BCUT2D eigenvalue weighted by Crippen LogP contribution is 2.36. The van der Waals surface area contributed by atoms with Crippen molar-refractivity contribution in [2.24, 2.45) is 0 Å². The molecule has 1 aliphatic rings. The Balaban J connectivity index is 1.61. The zero-order valence-corrected chi connectivity index (χ0v) is 17.3. The van der Waals surface area contributed by atoms with Crippen molar-refractivity contribution in [2.45, 2.75) is 38.7 Å². The van der Waals surface area contributed by atoms with Gasteiger partial charge in [0.05, 0.1) is 18.2 Å². The van der Waals surface area contributed by atoms with Crippen LogP contribution in [0.2, 0.25) is 5.02 Å². The number of nitrogens with zero attached hydrogens (tertiary/aromatic N) is 3. The predicted octanol–water partition coefficient (Wildman–Crippen LogP) is 4.26. The van der Waals surface area contributed by atoms with Crippen LogP contribution in [0.3, 0.4) is 0 Å². The van der Waals surface area contributed by atoms with Crippen LogP contribution in [-0.2, 0) is 22.4 Å². The number of fused-ring (bicyclic) bond motifs is 1. The average molecular weight is 418 g/mol. The lowest BCUT2D eigenvalue weighted by Crippen LogP contribution is -2.11. The molecule has 4 rings (SSSR count). The molecular formula is C20H20ClN3O3S. The first-order valence-electron chi connectivity index (χ1n) is 9.11. The van der Waals surface area contributed by atoms with Gasteiger partial charge in [-0.1, -0.05) is 22.9 Å². The van der Waals surface area contributed by atoms with E-state index >= 15 is 0 Å². The van der Waals surface area contributed by atoms with Gasteiger partial charge in [-0.3, -0.25) is 4.79 Å². The maximum absolute atomic E-state index is 12.8. The summed E-state index contributed by atoms with van der Waals surface area (Å²) >= 11 is 7.68. The van der Waals surface area contributed by atoms with Gasteiger partial charge in [0.2, 0.25) is 5.88 Å². The number of aromatic nitrogens is 3. The lowest BCUT2D eigenvalue weighted by Gasteiger charge is -2.15. The molecule has 8 heteroatoms. The molecule has 0 N–H and O–H groups in total. The van der Waals surface area contributed by atoms with Crippen LogP contribution >= 0.6 is 22.9 Å². The van der Waals surface area contributed by atoms with Gasteiger partial charge in [0.1, 0.15) is 21.2 Å². The molecule has 1 aliphatic heterocycles. The van der Waals surface area contributed by atoms with Crippen LogP contribution in [0.1, 0.15) is 40.6 Å². The zero-order valence-electron chi connectivity index (χ0n) is 15.7. The number of methoxy groups -OCH3 is 1. The second kappa shape index (κ2) is 8.11. The van der Waals surface area contributed by atoms with Crippen molar-refractivity contribution in [3.63, 3.8) is 0 Å². The third kappa shape index (κ3) is 3.87. The first kappa shape index (κ1) is 19.2. The van der Waals surface area contributed by atoms with E-state index in [1.165, 1.54) is 7.11 Å². The molecule has 0 radical (unpaired) electrons. The van der Waals surface area contributed by atoms with Gasteiger partial charge in [0.15, 0.2) is 0 Å². The Morgan fingerprint density at radius 3 is 2.93 bits per heavy atom. The molecule has 4 heterocycles. The van der Waals surface area contributed by atoms with Gasteiger partial charge in [-0.2, -0.15) is 0 Å². The number of carbonyl (C=O) groups excluding carboxylic acids is 1. The van der Waals surface area contributed by atoms with Gasteiger partial charge in [-0.05, 0) is 37.0 Å². The van der Waals surface area contributed by atoms with Crippen LogP contribution in [0.4, 0.5) is 0 Å². The van der Waals surface area contributed by atoms with Crippen LogP contribution in [0.5, 0.6) is 5.88 Å². The Kier molecular flexibility index (Phi) is 5.57. The fourth-order valence-electron chi connectivity index (χ4n) is 3.56. The van der Waals surface area contributed by atoms with E-state index in [9.17, 15) is 4.79 Å². The molecule has 0 aliphatic carbocycles.